The van der Waals surface area contributed by atoms with Crippen molar-refractivity contribution < 1.29 is 14.1 Å². The molecule has 118 valence electrons. The molecule has 23 heavy (non-hydrogen) atoms. The lowest BCUT2D eigenvalue weighted by Crippen LogP contribution is -2.11. The first-order chi connectivity index (χ1) is 11.1. The highest BCUT2D eigenvalue weighted by atomic mass is 32.1. The zero-order valence-electron chi connectivity index (χ0n) is 12.9. The molecule has 1 aromatic carbocycles. The van der Waals surface area contributed by atoms with Crippen molar-refractivity contribution in [2.24, 2.45) is 0 Å². The molecular weight excluding hydrogens is 314 g/mol. The zero-order valence-corrected chi connectivity index (χ0v) is 13.7. The number of nitrogens with zero attached hydrogens (tertiary/aromatic N) is 2. The summed E-state index contributed by atoms with van der Waals surface area (Å²) in [5.74, 6) is 1.57. The van der Waals surface area contributed by atoms with Crippen molar-refractivity contribution in [1.82, 2.24) is 10.1 Å². The van der Waals surface area contributed by atoms with Crippen molar-refractivity contribution >= 4 is 22.9 Å². The van der Waals surface area contributed by atoms with Crippen LogP contribution in [0.5, 0.6) is 5.75 Å². The topological polar surface area (TPSA) is 77.2 Å². The number of amides is 1. The first-order valence-electron chi connectivity index (χ1n) is 6.93. The van der Waals surface area contributed by atoms with Crippen molar-refractivity contribution in [2.45, 2.75) is 13.8 Å². The van der Waals surface area contributed by atoms with Gasteiger partial charge < -0.3 is 14.6 Å². The van der Waals surface area contributed by atoms with E-state index in [-0.39, 0.29) is 5.91 Å². The molecule has 3 rings (SSSR count). The van der Waals surface area contributed by atoms with Crippen molar-refractivity contribution in [3.8, 4) is 16.5 Å². The van der Waals surface area contributed by atoms with Gasteiger partial charge in [-0.15, -0.1) is 11.3 Å². The molecule has 0 saturated heterocycles. The summed E-state index contributed by atoms with van der Waals surface area (Å²) in [6.07, 6.45) is 0. The van der Waals surface area contributed by atoms with Gasteiger partial charge in [0.1, 0.15) is 5.75 Å². The van der Waals surface area contributed by atoms with E-state index >= 15 is 0 Å². The molecule has 0 bridgehead atoms. The minimum absolute atomic E-state index is 0.176. The van der Waals surface area contributed by atoms with Crippen LogP contribution in [0.2, 0.25) is 0 Å². The molecule has 0 saturated carbocycles. The summed E-state index contributed by atoms with van der Waals surface area (Å²) in [7, 11) is 1.59. The molecule has 1 amide bonds. The van der Waals surface area contributed by atoms with E-state index in [1.54, 1.807) is 38.3 Å². The van der Waals surface area contributed by atoms with Gasteiger partial charge in [-0.2, -0.15) is 4.98 Å². The fourth-order valence-corrected chi connectivity index (χ4v) is 2.95. The van der Waals surface area contributed by atoms with Crippen LogP contribution in [0.25, 0.3) is 10.7 Å². The summed E-state index contributed by atoms with van der Waals surface area (Å²) < 4.78 is 10.1. The fraction of sp³-hybridized carbons (Fsp3) is 0.188. The average molecular weight is 329 g/mol. The minimum atomic E-state index is -0.176. The number of carbonyl (C=O) groups excluding carboxylic acids is 1. The molecule has 6 nitrogen and oxygen atoms in total. The maximum atomic E-state index is 12.3. The van der Waals surface area contributed by atoms with Gasteiger partial charge in [0.25, 0.3) is 5.91 Å². The summed E-state index contributed by atoms with van der Waals surface area (Å²) in [6.45, 7) is 3.67. The smallest absolute Gasteiger partial charge is 0.255 e. The number of aryl methyl sites for hydroxylation is 2. The van der Waals surface area contributed by atoms with E-state index in [0.717, 1.165) is 15.4 Å². The molecule has 2 heterocycles. The van der Waals surface area contributed by atoms with Gasteiger partial charge >= 0.3 is 0 Å². The molecular formula is C16H15N3O3S. The number of anilines is 1. The number of hydrogen-bond donors (Lipinski definition) is 1. The van der Waals surface area contributed by atoms with Crippen LogP contribution in [0.1, 0.15) is 21.1 Å². The van der Waals surface area contributed by atoms with Crippen molar-refractivity contribution in [3.63, 3.8) is 0 Å². The van der Waals surface area contributed by atoms with E-state index in [9.17, 15) is 4.79 Å². The van der Waals surface area contributed by atoms with Crippen LogP contribution < -0.4 is 10.1 Å². The van der Waals surface area contributed by atoms with Gasteiger partial charge in [0.15, 0.2) is 0 Å². The van der Waals surface area contributed by atoms with Crippen LogP contribution in [0.15, 0.2) is 34.9 Å². The maximum Gasteiger partial charge on any atom is 0.255 e. The van der Waals surface area contributed by atoms with E-state index in [1.807, 2.05) is 13.0 Å². The number of methoxy groups -OCH3 is 1. The molecule has 3 aromatic rings. The molecule has 0 spiro atoms. The summed E-state index contributed by atoms with van der Waals surface area (Å²) in [4.78, 5) is 18.3. The Bertz CT molecular complexity index is 837. The second-order valence-electron chi connectivity index (χ2n) is 4.90. The second-order valence-corrected chi connectivity index (χ2v) is 6.16. The van der Waals surface area contributed by atoms with E-state index in [1.165, 1.54) is 11.3 Å². The predicted molar refractivity (Wildman–Crippen MR) is 88.0 cm³/mol. The SMILES string of the molecule is COc1ccc(C(=O)Nc2cc(-c3noc(C)n3)sc2C)cc1. The van der Waals surface area contributed by atoms with E-state index < -0.39 is 0 Å². The van der Waals surface area contributed by atoms with E-state index in [0.29, 0.717) is 23.0 Å². The number of benzene rings is 1. The average Bonchev–Trinajstić information content (AvgIpc) is 3.14. The number of nitrogens with one attached hydrogen (secondary N) is 1. The molecule has 7 heteroatoms. The summed E-state index contributed by atoms with van der Waals surface area (Å²) in [6, 6.07) is 8.80. The first-order valence-corrected chi connectivity index (χ1v) is 7.75. The lowest BCUT2D eigenvalue weighted by atomic mass is 10.2. The Labute approximate surface area is 137 Å². The third-order valence-electron chi connectivity index (χ3n) is 3.27. The quantitative estimate of drug-likeness (QED) is 0.790. The fourth-order valence-electron chi connectivity index (χ4n) is 2.05. The van der Waals surface area contributed by atoms with E-state index in [4.69, 9.17) is 9.26 Å². The molecule has 2 aromatic heterocycles. The van der Waals surface area contributed by atoms with Gasteiger partial charge in [0.05, 0.1) is 17.7 Å². The Morgan fingerprint density at radius 3 is 2.61 bits per heavy atom. The number of carbonyl (C=O) groups is 1. The number of aromatic nitrogens is 2. The highest BCUT2D eigenvalue weighted by molar-refractivity contribution is 7.16. The normalized spacial score (nSPS) is 10.6. The van der Waals surface area contributed by atoms with Crippen LogP contribution in [-0.4, -0.2) is 23.2 Å². The third kappa shape index (κ3) is 3.24. The lowest BCUT2D eigenvalue weighted by molar-refractivity contribution is 0.102. The number of rotatable bonds is 4. The Morgan fingerprint density at radius 2 is 2.00 bits per heavy atom. The minimum Gasteiger partial charge on any atom is -0.497 e. The zero-order chi connectivity index (χ0) is 16.4. The van der Waals surface area contributed by atoms with Crippen molar-refractivity contribution in [2.75, 3.05) is 12.4 Å². The predicted octanol–water partition coefficient (Wildman–Crippen LogP) is 3.68. The second kappa shape index (κ2) is 6.21. The number of ether oxygens (including phenoxy) is 1. The molecule has 0 atom stereocenters. The molecule has 0 aliphatic heterocycles. The third-order valence-corrected chi connectivity index (χ3v) is 4.31. The summed E-state index contributed by atoms with van der Waals surface area (Å²) in [5, 5.41) is 6.80. The van der Waals surface area contributed by atoms with Crippen LogP contribution in [0.4, 0.5) is 5.69 Å². The van der Waals surface area contributed by atoms with Gasteiger partial charge in [-0.1, -0.05) is 5.16 Å². The number of thiophene rings is 1. The highest BCUT2D eigenvalue weighted by Gasteiger charge is 2.14. The molecule has 0 unspecified atom stereocenters. The monoisotopic (exact) mass is 329 g/mol. The van der Waals surface area contributed by atoms with E-state index in [2.05, 4.69) is 15.5 Å². The van der Waals surface area contributed by atoms with Gasteiger partial charge in [0, 0.05) is 17.4 Å². The Kier molecular flexibility index (Phi) is 4.12. The Hall–Kier alpha value is -2.67. The van der Waals surface area contributed by atoms with Gasteiger partial charge in [-0.05, 0) is 37.3 Å². The molecule has 0 radical (unpaired) electrons. The van der Waals surface area contributed by atoms with Crippen LogP contribution >= 0.6 is 11.3 Å². The van der Waals surface area contributed by atoms with Gasteiger partial charge in [-0.3, -0.25) is 4.79 Å². The van der Waals surface area contributed by atoms with Crippen LogP contribution in [0, 0.1) is 13.8 Å². The maximum absolute atomic E-state index is 12.3. The summed E-state index contributed by atoms with van der Waals surface area (Å²) >= 11 is 1.50. The van der Waals surface area contributed by atoms with Gasteiger partial charge in [0.2, 0.25) is 11.7 Å². The van der Waals surface area contributed by atoms with Gasteiger partial charge in [-0.25, -0.2) is 0 Å². The molecule has 0 aliphatic carbocycles. The Morgan fingerprint density at radius 1 is 1.26 bits per heavy atom. The molecule has 0 aliphatic rings. The molecule has 1 N–H and O–H groups in total. The van der Waals surface area contributed by atoms with Crippen molar-refractivity contribution in [1.29, 1.82) is 0 Å². The lowest BCUT2D eigenvalue weighted by Gasteiger charge is -2.05. The summed E-state index contributed by atoms with van der Waals surface area (Å²) in [5.41, 5.74) is 1.31. The molecule has 0 fully saturated rings. The number of hydrogen-bond acceptors (Lipinski definition) is 6. The largest absolute Gasteiger partial charge is 0.497 e. The van der Waals surface area contributed by atoms with Crippen LogP contribution in [0.3, 0.4) is 0 Å². The Balaban J connectivity index is 1.79. The van der Waals surface area contributed by atoms with Crippen LogP contribution in [-0.2, 0) is 0 Å². The first kappa shape index (κ1) is 15.2. The highest BCUT2D eigenvalue weighted by Crippen LogP contribution is 2.33. The standard InChI is InChI=1S/C16H15N3O3S/c1-9-13(8-14(23-9)15-17-10(2)22-19-15)18-16(20)11-4-6-12(21-3)7-5-11/h4-8H,1-3H3,(H,18,20). The van der Waals surface area contributed by atoms with Crippen molar-refractivity contribution in [3.05, 3.63) is 46.7 Å².